The molecular weight excluding hydrogens is 523 g/mol. The number of nitrogens with zero attached hydrogens (tertiary/aromatic N) is 1. The van der Waals surface area contributed by atoms with Gasteiger partial charge in [-0.3, -0.25) is 24.8 Å². The van der Waals surface area contributed by atoms with E-state index in [0.717, 1.165) is 13.0 Å². The van der Waals surface area contributed by atoms with Crippen LogP contribution in [-0.4, -0.2) is 79.3 Å². The van der Waals surface area contributed by atoms with E-state index < -0.39 is 37.7 Å². The van der Waals surface area contributed by atoms with Crippen LogP contribution < -0.4 is 31.6 Å². The minimum atomic E-state index is -1.43. The molecule has 2 amide bonds. The molecule has 1 saturated heterocycles. The number of ether oxygens (including phenoxy) is 2. The lowest BCUT2D eigenvalue weighted by Gasteiger charge is -2.29. The second-order valence-corrected chi connectivity index (χ2v) is 9.78. The zero-order valence-electron chi connectivity index (χ0n) is 22.5. The van der Waals surface area contributed by atoms with Gasteiger partial charge < -0.3 is 35.1 Å². The molecule has 4 rings (SSSR count). The Morgan fingerprint density at radius 1 is 1.20 bits per heavy atom. The normalized spacial score (nSPS) is 19.8. The average molecular weight is 558 g/mol. The van der Waals surface area contributed by atoms with Gasteiger partial charge in [-0.25, -0.2) is 4.79 Å². The smallest absolute Gasteiger partial charge is 0.534 e. The van der Waals surface area contributed by atoms with Crippen LogP contribution in [0.2, 0.25) is 0 Å². The minimum absolute atomic E-state index is 0.0578. The van der Waals surface area contributed by atoms with E-state index >= 15 is 0 Å². The number of hydrazine groups is 2. The van der Waals surface area contributed by atoms with Gasteiger partial charge in [0.05, 0.1) is 11.9 Å². The first-order chi connectivity index (χ1) is 19.3. The van der Waals surface area contributed by atoms with E-state index in [4.69, 9.17) is 14.1 Å². The number of carbonyl (C=O) groups is 4. The lowest BCUT2D eigenvalue weighted by molar-refractivity contribution is -0.157. The van der Waals surface area contributed by atoms with E-state index in [1.165, 1.54) is 17.3 Å². The number of hydrogen-bond acceptors (Lipinski definition) is 12. The Bertz CT molecular complexity index is 1140. The number of benzene rings is 1. The standard InChI is InChI=1S/C25H35BN6O8/c1-3-15(4-2)24(35)38-14-39-25(36)18-7-5-6-16-10-20(26(37)40-22(16)18)29-21(33)13-32-12-19(30-31-32)23(34)28-17-8-9-27-11-17/h5-7,12,15,17,20,27,30-31,37H,3-4,8-11,13-14H2,1-2H3,(H,28,34)(H,29,33)/t17-,20-/m0/s1. The van der Waals surface area contributed by atoms with Crippen LogP contribution in [0.15, 0.2) is 30.1 Å². The third-order valence-electron chi connectivity index (χ3n) is 6.97. The SMILES string of the molecule is CCC(CC)C(=O)OCOC(=O)c1cccc2c1OB(O)[C@@H](NC(=O)CN1C=C(C(=O)N[C@H]3CCNC3)NN1)C2. The van der Waals surface area contributed by atoms with Gasteiger partial charge in [0.25, 0.3) is 5.91 Å². The van der Waals surface area contributed by atoms with Gasteiger partial charge in [0, 0.05) is 18.8 Å². The Morgan fingerprint density at radius 2 is 2.00 bits per heavy atom. The molecule has 0 saturated carbocycles. The maximum absolute atomic E-state index is 12.7. The number of rotatable bonds is 11. The van der Waals surface area contributed by atoms with E-state index in [2.05, 4.69) is 26.9 Å². The summed E-state index contributed by atoms with van der Waals surface area (Å²) in [7, 11) is -1.43. The second-order valence-electron chi connectivity index (χ2n) is 9.78. The summed E-state index contributed by atoms with van der Waals surface area (Å²) in [6.07, 6.45) is 3.78. The molecule has 1 fully saturated rings. The molecule has 0 radical (unpaired) electrons. The van der Waals surface area contributed by atoms with Crippen LogP contribution in [-0.2, 0) is 30.3 Å². The van der Waals surface area contributed by atoms with Crippen molar-refractivity contribution >= 4 is 30.9 Å². The van der Waals surface area contributed by atoms with Crippen LogP contribution in [0.1, 0.15) is 49.0 Å². The molecule has 40 heavy (non-hydrogen) atoms. The average Bonchev–Trinajstić information content (AvgIpc) is 3.62. The maximum Gasteiger partial charge on any atom is 0.547 e. The summed E-state index contributed by atoms with van der Waals surface area (Å²) in [6.45, 7) is 4.63. The van der Waals surface area contributed by atoms with Crippen molar-refractivity contribution in [1.82, 2.24) is 31.9 Å². The largest absolute Gasteiger partial charge is 0.547 e. The first kappa shape index (κ1) is 29.2. The lowest BCUT2D eigenvalue weighted by atomic mass is 9.72. The number of fused-ring (bicyclic) bond motifs is 1. The van der Waals surface area contributed by atoms with Gasteiger partial charge in [-0.15, -0.1) is 5.53 Å². The molecule has 2 atom stereocenters. The topological polar surface area (TPSA) is 180 Å². The molecule has 1 aromatic rings. The zero-order chi connectivity index (χ0) is 28.6. The van der Waals surface area contributed by atoms with E-state index in [1.807, 2.05) is 13.8 Å². The van der Waals surface area contributed by atoms with E-state index in [9.17, 15) is 24.2 Å². The highest BCUT2D eigenvalue weighted by Gasteiger charge is 2.38. The molecule has 216 valence electrons. The van der Waals surface area contributed by atoms with Gasteiger partial charge in [0.2, 0.25) is 12.7 Å². The first-order valence-electron chi connectivity index (χ1n) is 13.4. The highest BCUT2D eigenvalue weighted by molar-refractivity contribution is 6.47. The summed E-state index contributed by atoms with van der Waals surface area (Å²) >= 11 is 0. The number of nitrogens with one attached hydrogen (secondary N) is 5. The summed E-state index contributed by atoms with van der Waals surface area (Å²) in [5.41, 5.74) is 6.41. The molecule has 15 heteroatoms. The van der Waals surface area contributed by atoms with Crippen molar-refractivity contribution in [3.05, 3.63) is 41.2 Å². The van der Waals surface area contributed by atoms with Crippen molar-refractivity contribution < 1.29 is 38.3 Å². The monoisotopic (exact) mass is 558 g/mol. The fourth-order valence-corrected chi connectivity index (χ4v) is 4.67. The maximum atomic E-state index is 12.7. The van der Waals surface area contributed by atoms with Gasteiger partial charge in [-0.1, -0.05) is 26.0 Å². The highest BCUT2D eigenvalue weighted by Crippen LogP contribution is 2.30. The predicted molar refractivity (Wildman–Crippen MR) is 142 cm³/mol. The summed E-state index contributed by atoms with van der Waals surface area (Å²) < 4.78 is 15.7. The number of amides is 2. The van der Waals surface area contributed by atoms with Gasteiger partial charge in [0.15, 0.2) is 0 Å². The molecule has 0 aromatic heterocycles. The number of para-hydroxylation sites is 1. The van der Waals surface area contributed by atoms with E-state index in [1.54, 1.807) is 12.1 Å². The lowest BCUT2D eigenvalue weighted by Crippen LogP contribution is -2.55. The quantitative estimate of drug-likeness (QED) is 0.109. The van der Waals surface area contributed by atoms with Crippen LogP contribution >= 0.6 is 0 Å². The van der Waals surface area contributed by atoms with Crippen LogP contribution in [0.4, 0.5) is 0 Å². The van der Waals surface area contributed by atoms with Crippen molar-refractivity contribution in [3.63, 3.8) is 0 Å². The summed E-state index contributed by atoms with van der Waals surface area (Å²) in [5, 5.41) is 20.8. The van der Waals surface area contributed by atoms with Crippen molar-refractivity contribution in [3.8, 4) is 5.75 Å². The molecule has 0 aliphatic carbocycles. The van der Waals surface area contributed by atoms with E-state index in [0.29, 0.717) is 24.9 Å². The Hall–Kier alpha value is -3.82. The third kappa shape index (κ3) is 7.22. The molecule has 0 spiro atoms. The van der Waals surface area contributed by atoms with Crippen molar-refractivity contribution in [2.45, 2.75) is 51.5 Å². The Labute approximate surface area is 232 Å². The molecule has 1 aromatic carbocycles. The van der Waals surface area contributed by atoms with E-state index in [-0.39, 0.29) is 47.8 Å². The molecular formula is C25H35BN6O8. The van der Waals surface area contributed by atoms with Crippen LogP contribution in [0.25, 0.3) is 0 Å². The number of hydrogen-bond donors (Lipinski definition) is 6. The van der Waals surface area contributed by atoms with Gasteiger partial charge >= 0.3 is 19.1 Å². The Morgan fingerprint density at radius 3 is 2.73 bits per heavy atom. The Balaban J connectivity index is 1.28. The fraction of sp³-hybridized carbons (Fsp3) is 0.520. The predicted octanol–water partition coefficient (Wildman–Crippen LogP) is -1.14. The van der Waals surface area contributed by atoms with Crippen LogP contribution in [0.3, 0.4) is 0 Å². The molecule has 0 bridgehead atoms. The molecule has 3 aliphatic heterocycles. The van der Waals surface area contributed by atoms with Gasteiger partial charge in [-0.05, 0) is 43.9 Å². The first-order valence-corrected chi connectivity index (χ1v) is 13.4. The minimum Gasteiger partial charge on any atom is -0.534 e. The zero-order valence-corrected chi connectivity index (χ0v) is 22.5. The van der Waals surface area contributed by atoms with Gasteiger partial charge in [0.1, 0.15) is 23.6 Å². The van der Waals surface area contributed by atoms with Crippen molar-refractivity contribution in [2.24, 2.45) is 5.92 Å². The molecule has 3 heterocycles. The molecule has 3 aliphatic rings. The summed E-state index contributed by atoms with van der Waals surface area (Å²) in [5.74, 6) is -2.83. The highest BCUT2D eigenvalue weighted by atomic mass is 16.7. The molecule has 0 unspecified atom stereocenters. The van der Waals surface area contributed by atoms with Gasteiger partial charge in [-0.2, -0.15) is 0 Å². The number of esters is 2. The molecule has 6 N–H and O–H groups in total. The number of carbonyl (C=O) groups excluding carboxylic acids is 4. The van der Waals surface area contributed by atoms with Crippen LogP contribution in [0, 0.1) is 5.92 Å². The van der Waals surface area contributed by atoms with Crippen LogP contribution in [0.5, 0.6) is 5.75 Å². The third-order valence-corrected chi connectivity index (χ3v) is 6.97. The summed E-state index contributed by atoms with van der Waals surface area (Å²) in [4.78, 5) is 49.7. The summed E-state index contributed by atoms with van der Waals surface area (Å²) in [6, 6.07) is 4.88. The Kier molecular flexibility index (Phi) is 9.85. The second kappa shape index (κ2) is 13.5. The van der Waals surface area contributed by atoms with Crippen molar-refractivity contribution in [1.29, 1.82) is 0 Å². The van der Waals surface area contributed by atoms with Crippen molar-refractivity contribution in [2.75, 3.05) is 26.4 Å². The fourth-order valence-electron chi connectivity index (χ4n) is 4.67. The molecule has 14 nitrogen and oxygen atoms in total.